The number of ether oxygens (including phenoxy) is 1. The molecule has 1 aromatic heterocycles. The lowest BCUT2D eigenvalue weighted by atomic mass is 10.2. The van der Waals surface area contributed by atoms with Crippen molar-refractivity contribution in [2.75, 3.05) is 39.3 Å². The zero-order chi connectivity index (χ0) is 17.2. The first-order chi connectivity index (χ1) is 11.4. The van der Waals surface area contributed by atoms with E-state index in [1.807, 2.05) is 32.2 Å². The van der Waals surface area contributed by atoms with Crippen molar-refractivity contribution < 1.29 is 13.2 Å². The highest BCUT2D eigenvalue weighted by atomic mass is 32.2. The van der Waals surface area contributed by atoms with E-state index in [-0.39, 0.29) is 12.2 Å². The SMILES string of the molecule is C[C@@H]1CN(S(=O)(=O)N2CCN(Cc3cccnc3)CC2)C[C@H](C)O1. The van der Waals surface area contributed by atoms with Gasteiger partial charge in [0.25, 0.3) is 10.2 Å². The van der Waals surface area contributed by atoms with Crippen LogP contribution in [0.1, 0.15) is 19.4 Å². The first-order valence-corrected chi connectivity index (χ1v) is 9.87. The van der Waals surface area contributed by atoms with Crippen LogP contribution in [0.15, 0.2) is 24.5 Å². The second-order valence-corrected chi connectivity index (χ2v) is 8.55. The summed E-state index contributed by atoms with van der Waals surface area (Å²) in [5.74, 6) is 0. The molecule has 2 fully saturated rings. The molecule has 0 spiro atoms. The Balaban J connectivity index is 1.57. The summed E-state index contributed by atoms with van der Waals surface area (Å²) in [5.41, 5.74) is 1.16. The van der Waals surface area contributed by atoms with Gasteiger partial charge < -0.3 is 4.74 Å². The second-order valence-electron chi connectivity index (χ2n) is 6.62. The Hall–Kier alpha value is -1.06. The average Bonchev–Trinajstić information content (AvgIpc) is 2.55. The molecule has 1 aromatic rings. The maximum atomic E-state index is 12.9. The van der Waals surface area contributed by atoms with E-state index in [2.05, 4.69) is 9.88 Å². The van der Waals surface area contributed by atoms with Crippen molar-refractivity contribution in [3.8, 4) is 0 Å². The molecule has 134 valence electrons. The Morgan fingerprint density at radius 2 is 1.79 bits per heavy atom. The summed E-state index contributed by atoms with van der Waals surface area (Å²) in [6.07, 6.45) is 3.50. The molecular formula is C16H26N4O3S. The number of aromatic nitrogens is 1. The van der Waals surface area contributed by atoms with E-state index in [0.29, 0.717) is 26.2 Å². The van der Waals surface area contributed by atoms with Crippen molar-refractivity contribution in [2.24, 2.45) is 0 Å². The first-order valence-electron chi connectivity index (χ1n) is 8.47. The van der Waals surface area contributed by atoms with Gasteiger partial charge in [0.15, 0.2) is 0 Å². The normalized spacial score (nSPS) is 28.1. The Kier molecular flexibility index (Phi) is 5.51. The average molecular weight is 354 g/mol. The maximum Gasteiger partial charge on any atom is 0.282 e. The van der Waals surface area contributed by atoms with E-state index in [1.165, 1.54) is 0 Å². The molecule has 0 aliphatic carbocycles. The van der Waals surface area contributed by atoms with E-state index in [4.69, 9.17) is 4.74 Å². The summed E-state index contributed by atoms with van der Waals surface area (Å²) in [6.45, 7) is 8.06. The third kappa shape index (κ3) is 4.12. The van der Waals surface area contributed by atoms with E-state index in [1.54, 1.807) is 14.8 Å². The third-order valence-corrected chi connectivity index (χ3v) is 6.47. The Morgan fingerprint density at radius 3 is 2.38 bits per heavy atom. The number of pyridine rings is 1. The van der Waals surface area contributed by atoms with Crippen LogP contribution in [0.4, 0.5) is 0 Å². The summed E-state index contributed by atoms with van der Waals surface area (Å²) >= 11 is 0. The molecule has 24 heavy (non-hydrogen) atoms. The summed E-state index contributed by atoms with van der Waals surface area (Å²) < 4.78 is 34.6. The molecule has 3 heterocycles. The molecule has 0 N–H and O–H groups in total. The summed E-state index contributed by atoms with van der Waals surface area (Å²) in [6, 6.07) is 3.98. The van der Waals surface area contributed by atoms with Gasteiger partial charge in [-0.05, 0) is 25.5 Å². The fourth-order valence-corrected chi connectivity index (χ4v) is 5.10. The molecule has 8 heteroatoms. The van der Waals surface area contributed by atoms with Crippen LogP contribution >= 0.6 is 0 Å². The van der Waals surface area contributed by atoms with Crippen LogP contribution in [-0.4, -0.2) is 78.4 Å². The van der Waals surface area contributed by atoms with E-state index in [9.17, 15) is 8.42 Å². The number of morpholine rings is 1. The largest absolute Gasteiger partial charge is 0.373 e. The van der Waals surface area contributed by atoms with Gasteiger partial charge in [0.2, 0.25) is 0 Å². The Morgan fingerprint density at radius 1 is 1.12 bits per heavy atom. The van der Waals surface area contributed by atoms with Gasteiger partial charge in [-0.15, -0.1) is 0 Å². The molecule has 2 atom stereocenters. The van der Waals surface area contributed by atoms with Crippen LogP contribution in [-0.2, 0) is 21.5 Å². The standard InChI is InChI=1S/C16H26N4O3S/c1-14-11-20(12-15(2)23-14)24(21,22)19-8-6-18(7-9-19)13-16-4-3-5-17-10-16/h3-5,10,14-15H,6-9,11-13H2,1-2H3/t14-,15+. The van der Waals surface area contributed by atoms with Gasteiger partial charge >= 0.3 is 0 Å². The van der Waals surface area contributed by atoms with Gasteiger partial charge in [-0.3, -0.25) is 9.88 Å². The number of hydrogen-bond acceptors (Lipinski definition) is 5. The minimum Gasteiger partial charge on any atom is -0.373 e. The molecule has 3 rings (SSSR count). The zero-order valence-electron chi connectivity index (χ0n) is 14.3. The molecule has 0 bridgehead atoms. The van der Waals surface area contributed by atoms with Gasteiger partial charge in [-0.1, -0.05) is 6.07 Å². The van der Waals surface area contributed by atoms with Gasteiger partial charge in [0.1, 0.15) is 0 Å². The minimum atomic E-state index is -3.40. The molecule has 2 aliphatic heterocycles. The number of piperazine rings is 1. The van der Waals surface area contributed by atoms with Gasteiger partial charge in [-0.2, -0.15) is 17.0 Å². The monoisotopic (exact) mass is 354 g/mol. The first kappa shape index (κ1) is 17.8. The van der Waals surface area contributed by atoms with Crippen molar-refractivity contribution in [1.82, 2.24) is 18.5 Å². The molecule has 0 unspecified atom stereocenters. The van der Waals surface area contributed by atoms with Crippen molar-refractivity contribution in [3.63, 3.8) is 0 Å². The molecular weight excluding hydrogens is 328 g/mol. The molecule has 2 saturated heterocycles. The molecule has 2 aliphatic rings. The topological polar surface area (TPSA) is 66.0 Å². The lowest BCUT2D eigenvalue weighted by molar-refractivity contribution is -0.0457. The quantitative estimate of drug-likeness (QED) is 0.790. The molecule has 0 saturated carbocycles. The number of nitrogens with zero attached hydrogens (tertiary/aromatic N) is 4. The molecule has 0 aromatic carbocycles. The van der Waals surface area contributed by atoms with Gasteiger partial charge in [-0.25, -0.2) is 0 Å². The lowest BCUT2D eigenvalue weighted by Gasteiger charge is -2.40. The lowest BCUT2D eigenvalue weighted by Crippen LogP contribution is -2.57. The maximum absolute atomic E-state index is 12.9. The van der Waals surface area contributed by atoms with Gasteiger partial charge in [0, 0.05) is 58.2 Å². The highest BCUT2D eigenvalue weighted by Crippen LogP contribution is 2.19. The van der Waals surface area contributed by atoms with Gasteiger partial charge in [0.05, 0.1) is 12.2 Å². The fraction of sp³-hybridized carbons (Fsp3) is 0.688. The van der Waals surface area contributed by atoms with Crippen LogP contribution in [0, 0.1) is 0 Å². The number of hydrogen-bond donors (Lipinski definition) is 0. The smallest absolute Gasteiger partial charge is 0.282 e. The van der Waals surface area contributed by atoms with Crippen LogP contribution < -0.4 is 0 Å². The van der Waals surface area contributed by atoms with E-state index in [0.717, 1.165) is 25.2 Å². The highest BCUT2D eigenvalue weighted by molar-refractivity contribution is 7.86. The van der Waals surface area contributed by atoms with E-state index < -0.39 is 10.2 Å². The minimum absolute atomic E-state index is 0.0598. The summed E-state index contributed by atoms with van der Waals surface area (Å²) in [7, 11) is -3.40. The Bertz CT molecular complexity index is 622. The highest BCUT2D eigenvalue weighted by Gasteiger charge is 2.36. The van der Waals surface area contributed by atoms with Crippen LogP contribution in [0.3, 0.4) is 0 Å². The zero-order valence-corrected chi connectivity index (χ0v) is 15.2. The third-order valence-electron chi connectivity index (χ3n) is 4.50. The second kappa shape index (κ2) is 7.45. The predicted octanol–water partition coefficient (Wildman–Crippen LogP) is 0.553. The van der Waals surface area contributed by atoms with Crippen molar-refractivity contribution in [2.45, 2.75) is 32.6 Å². The summed E-state index contributed by atoms with van der Waals surface area (Å²) in [5, 5.41) is 0. The summed E-state index contributed by atoms with van der Waals surface area (Å²) in [4.78, 5) is 6.40. The van der Waals surface area contributed by atoms with Crippen molar-refractivity contribution in [3.05, 3.63) is 30.1 Å². The molecule has 0 radical (unpaired) electrons. The number of rotatable bonds is 4. The van der Waals surface area contributed by atoms with Crippen LogP contribution in [0.2, 0.25) is 0 Å². The molecule has 7 nitrogen and oxygen atoms in total. The molecule has 0 amide bonds. The fourth-order valence-electron chi connectivity index (χ4n) is 3.35. The van der Waals surface area contributed by atoms with E-state index >= 15 is 0 Å². The predicted molar refractivity (Wildman–Crippen MR) is 91.6 cm³/mol. The van der Waals surface area contributed by atoms with Crippen molar-refractivity contribution in [1.29, 1.82) is 0 Å². The van der Waals surface area contributed by atoms with Crippen LogP contribution in [0.25, 0.3) is 0 Å². The van der Waals surface area contributed by atoms with Crippen LogP contribution in [0.5, 0.6) is 0 Å². The van der Waals surface area contributed by atoms with Crippen molar-refractivity contribution >= 4 is 10.2 Å². The Labute approximate surface area is 144 Å².